The Morgan fingerprint density at radius 2 is 1.81 bits per heavy atom. The highest BCUT2D eigenvalue weighted by atomic mass is 19.1. The molecular formula is C20H26FN3O2. The van der Waals surface area contributed by atoms with Gasteiger partial charge in [-0.15, -0.1) is 0 Å². The van der Waals surface area contributed by atoms with E-state index in [1.807, 2.05) is 25.1 Å². The van der Waals surface area contributed by atoms with E-state index in [1.165, 1.54) is 12.1 Å². The van der Waals surface area contributed by atoms with Gasteiger partial charge in [0.2, 0.25) is 0 Å². The zero-order valence-corrected chi connectivity index (χ0v) is 15.5. The molecule has 26 heavy (non-hydrogen) atoms. The number of nitrogens with zero attached hydrogens (tertiary/aromatic N) is 1. The largest absolute Gasteiger partial charge is 0.493 e. The van der Waals surface area contributed by atoms with Gasteiger partial charge in [0.05, 0.1) is 20.8 Å². The number of nitrogens with one attached hydrogen (secondary N) is 2. The first-order valence-electron chi connectivity index (χ1n) is 8.64. The zero-order valence-electron chi connectivity index (χ0n) is 15.5. The molecule has 0 heterocycles. The van der Waals surface area contributed by atoms with Crippen LogP contribution in [-0.4, -0.2) is 33.3 Å². The van der Waals surface area contributed by atoms with Crippen molar-refractivity contribution in [3.63, 3.8) is 0 Å². The van der Waals surface area contributed by atoms with Crippen molar-refractivity contribution in [1.29, 1.82) is 0 Å². The summed E-state index contributed by atoms with van der Waals surface area (Å²) in [6.45, 7) is 3.94. The molecule has 2 rings (SSSR count). The van der Waals surface area contributed by atoms with E-state index in [4.69, 9.17) is 9.47 Å². The molecule has 0 saturated carbocycles. The summed E-state index contributed by atoms with van der Waals surface area (Å²) in [5.74, 6) is 1.89. The van der Waals surface area contributed by atoms with Crippen molar-refractivity contribution < 1.29 is 13.9 Å². The van der Waals surface area contributed by atoms with Crippen LogP contribution < -0.4 is 20.1 Å². The predicted octanol–water partition coefficient (Wildman–Crippen LogP) is 3.14. The van der Waals surface area contributed by atoms with Gasteiger partial charge in [0, 0.05) is 18.7 Å². The quantitative estimate of drug-likeness (QED) is 0.562. The maximum atomic E-state index is 13.0. The van der Waals surface area contributed by atoms with Gasteiger partial charge in [-0.2, -0.15) is 0 Å². The third-order valence-electron chi connectivity index (χ3n) is 3.86. The summed E-state index contributed by atoms with van der Waals surface area (Å²) in [4.78, 5) is 4.61. The number of benzene rings is 2. The number of para-hydroxylation sites is 1. The molecule has 140 valence electrons. The minimum Gasteiger partial charge on any atom is -0.493 e. The third kappa shape index (κ3) is 5.65. The van der Waals surface area contributed by atoms with Crippen LogP contribution in [0.1, 0.15) is 18.1 Å². The number of ether oxygens (including phenoxy) is 2. The fourth-order valence-electron chi connectivity index (χ4n) is 2.56. The molecule has 5 nitrogen and oxygen atoms in total. The average molecular weight is 359 g/mol. The summed E-state index contributed by atoms with van der Waals surface area (Å²) < 4.78 is 23.7. The van der Waals surface area contributed by atoms with Gasteiger partial charge in [0.25, 0.3) is 0 Å². The molecule has 0 spiro atoms. The van der Waals surface area contributed by atoms with E-state index in [-0.39, 0.29) is 5.82 Å². The Balaban J connectivity index is 1.99. The molecule has 0 aliphatic rings. The normalized spacial score (nSPS) is 11.2. The molecule has 0 fully saturated rings. The molecule has 0 radical (unpaired) electrons. The Labute approximate surface area is 154 Å². The van der Waals surface area contributed by atoms with Crippen LogP contribution in [0.15, 0.2) is 47.5 Å². The molecule has 0 saturated heterocycles. The molecule has 0 atom stereocenters. The van der Waals surface area contributed by atoms with Gasteiger partial charge in [0.15, 0.2) is 17.5 Å². The van der Waals surface area contributed by atoms with E-state index >= 15 is 0 Å². The standard InChI is InChI=1S/C20H26FN3O2/c1-4-22-20(23-13-12-15-8-10-17(21)11-9-15)24-14-16-6-5-7-18(25-2)19(16)26-3/h5-11H,4,12-14H2,1-3H3,(H2,22,23,24). The lowest BCUT2D eigenvalue weighted by Gasteiger charge is -2.13. The zero-order chi connectivity index (χ0) is 18.8. The summed E-state index contributed by atoms with van der Waals surface area (Å²) >= 11 is 0. The minimum absolute atomic E-state index is 0.219. The lowest BCUT2D eigenvalue weighted by atomic mass is 10.1. The predicted molar refractivity (Wildman–Crippen MR) is 102 cm³/mol. The first kappa shape index (κ1) is 19.6. The van der Waals surface area contributed by atoms with Crippen LogP contribution in [0, 0.1) is 5.82 Å². The Hall–Kier alpha value is -2.76. The van der Waals surface area contributed by atoms with Crippen molar-refractivity contribution in [3.05, 3.63) is 59.4 Å². The summed E-state index contributed by atoms with van der Waals surface area (Å²) in [5, 5.41) is 6.51. The second-order valence-corrected chi connectivity index (χ2v) is 5.65. The van der Waals surface area contributed by atoms with Crippen LogP contribution in [0.5, 0.6) is 11.5 Å². The van der Waals surface area contributed by atoms with Crippen molar-refractivity contribution in [2.45, 2.75) is 19.9 Å². The molecule has 0 amide bonds. The van der Waals surface area contributed by atoms with E-state index in [0.29, 0.717) is 24.6 Å². The lowest BCUT2D eigenvalue weighted by molar-refractivity contribution is 0.352. The van der Waals surface area contributed by atoms with Gasteiger partial charge in [-0.25, -0.2) is 9.38 Å². The van der Waals surface area contributed by atoms with Crippen LogP contribution in [-0.2, 0) is 13.0 Å². The van der Waals surface area contributed by atoms with Crippen LogP contribution >= 0.6 is 0 Å². The van der Waals surface area contributed by atoms with Crippen molar-refractivity contribution in [3.8, 4) is 11.5 Å². The van der Waals surface area contributed by atoms with Crippen LogP contribution in [0.4, 0.5) is 4.39 Å². The van der Waals surface area contributed by atoms with Crippen molar-refractivity contribution in [2.24, 2.45) is 4.99 Å². The molecule has 0 bridgehead atoms. The molecule has 2 aromatic carbocycles. The third-order valence-corrected chi connectivity index (χ3v) is 3.86. The van der Waals surface area contributed by atoms with Gasteiger partial charge in [-0.05, 0) is 37.1 Å². The summed E-state index contributed by atoms with van der Waals surface area (Å²) in [6.07, 6.45) is 0.785. The fraction of sp³-hybridized carbons (Fsp3) is 0.350. The highest BCUT2D eigenvalue weighted by Crippen LogP contribution is 2.30. The Morgan fingerprint density at radius 1 is 1.04 bits per heavy atom. The maximum absolute atomic E-state index is 13.0. The molecule has 6 heteroatoms. The van der Waals surface area contributed by atoms with Crippen LogP contribution in [0.3, 0.4) is 0 Å². The SMILES string of the molecule is CCNC(=NCc1cccc(OC)c1OC)NCCc1ccc(F)cc1. The van der Waals surface area contributed by atoms with E-state index in [9.17, 15) is 4.39 Å². The second kappa shape index (κ2) is 10.3. The number of halogens is 1. The molecule has 0 aromatic heterocycles. The molecule has 0 unspecified atom stereocenters. The van der Waals surface area contributed by atoms with E-state index < -0.39 is 0 Å². The highest BCUT2D eigenvalue weighted by molar-refractivity contribution is 5.79. The molecule has 2 N–H and O–H groups in total. The summed E-state index contributed by atoms with van der Waals surface area (Å²) in [7, 11) is 3.24. The topological polar surface area (TPSA) is 54.9 Å². The second-order valence-electron chi connectivity index (χ2n) is 5.65. The first-order chi connectivity index (χ1) is 12.7. The van der Waals surface area contributed by atoms with Crippen molar-refractivity contribution >= 4 is 5.96 Å². The number of hydrogen-bond acceptors (Lipinski definition) is 3. The van der Waals surface area contributed by atoms with E-state index in [0.717, 1.165) is 30.1 Å². The molecule has 2 aromatic rings. The number of guanidine groups is 1. The minimum atomic E-state index is -0.219. The van der Waals surface area contributed by atoms with E-state index in [1.54, 1.807) is 26.4 Å². The number of hydrogen-bond donors (Lipinski definition) is 2. The average Bonchev–Trinajstić information content (AvgIpc) is 2.67. The van der Waals surface area contributed by atoms with Crippen LogP contribution in [0.2, 0.25) is 0 Å². The Morgan fingerprint density at radius 3 is 2.46 bits per heavy atom. The maximum Gasteiger partial charge on any atom is 0.191 e. The number of methoxy groups -OCH3 is 2. The van der Waals surface area contributed by atoms with Gasteiger partial charge in [0.1, 0.15) is 5.82 Å². The Bertz CT molecular complexity index is 717. The highest BCUT2D eigenvalue weighted by Gasteiger charge is 2.09. The molecule has 0 aliphatic heterocycles. The van der Waals surface area contributed by atoms with Crippen LogP contribution in [0.25, 0.3) is 0 Å². The van der Waals surface area contributed by atoms with Gasteiger partial charge in [-0.1, -0.05) is 24.3 Å². The smallest absolute Gasteiger partial charge is 0.191 e. The van der Waals surface area contributed by atoms with Gasteiger partial charge < -0.3 is 20.1 Å². The lowest BCUT2D eigenvalue weighted by Crippen LogP contribution is -2.38. The number of aliphatic imine (C=N–C) groups is 1. The Kier molecular flexibility index (Phi) is 7.74. The van der Waals surface area contributed by atoms with E-state index in [2.05, 4.69) is 15.6 Å². The van der Waals surface area contributed by atoms with Crippen molar-refractivity contribution in [1.82, 2.24) is 10.6 Å². The fourth-order valence-corrected chi connectivity index (χ4v) is 2.56. The number of rotatable bonds is 8. The van der Waals surface area contributed by atoms with Gasteiger partial charge >= 0.3 is 0 Å². The monoisotopic (exact) mass is 359 g/mol. The first-order valence-corrected chi connectivity index (χ1v) is 8.64. The molecule has 0 aliphatic carbocycles. The summed E-state index contributed by atoms with van der Waals surface area (Å²) in [5.41, 5.74) is 2.02. The van der Waals surface area contributed by atoms with Crippen molar-refractivity contribution in [2.75, 3.05) is 27.3 Å². The van der Waals surface area contributed by atoms with Gasteiger partial charge in [-0.3, -0.25) is 0 Å². The molecular weight excluding hydrogens is 333 g/mol. The summed E-state index contributed by atoms with van der Waals surface area (Å²) in [6, 6.07) is 12.3.